The molecule has 0 aliphatic rings. The highest BCUT2D eigenvalue weighted by Crippen LogP contribution is 2.06. The lowest BCUT2D eigenvalue weighted by Crippen LogP contribution is -2.37. The summed E-state index contributed by atoms with van der Waals surface area (Å²) in [6.07, 6.45) is 3.19. The van der Waals surface area contributed by atoms with E-state index in [9.17, 15) is 4.79 Å². The van der Waals surface area contributed by atoms with Gasteiger partial charge in [0.25, 0.3) is 5.91 Å². The van der Waals surface area contributed by atoms with E-state index in [0.29, 0.717) is 12.1 Å². The van der Waals surface area contributed by atoms with Gasteiger partial charge in [0.15, 0.2) is 5.96 Å². The van der Waals surface area contributed by atoms with Crippen molar-refractivity contribution in [2.75, 3.05) is 13.6 Å². The Morgan fingerprint density at radius 2 is 2.04 bits per heavy atom. The standard InChI is InChI=1S/C18H30N4O/c1-5-7-11-20-18(19-4)21-13-15-9-8-10-16(12-15)17(23)22-14(3)6-2/h8-10,12,14H,5-7,11,13H2,1-4H3,(H,22,23)(H2,19,20,21). The molecule has 0 radical (unpaired) electrons. The quantitative estimate of drug-likeness (QED) is 0.392. The summed E-state index contributed by atoms with van der Waals surface area (Å²) < 4.78 is 0. The first-order valence-corrected chi connectivity index (χ1v) is 8.45. The first-order chi connectivity index (χ1) is 11.1. The van der Waals surface area contributed by atoms with Gasteiger partial charge in [-0.2, -0.15) is 0 Å². The molecule has 1 amide bonds. The highest BCUT2D eigenvalue weighted by molar-refractivity contribution is 5.94. The fourth-order valence-corrected chi connectivity index (χ4v) is 2.02. The van der Waals surface area contributed by atoms with Crippen LogP contribution in [0.2, 0.25) is 0 Å². The molecule has 1 aromatic rings. The molecule has 0 saturated heterocycles. The van der Waals surface area contributed by atoms with Gasteiger partial charge in [0.1, 0.15) is 0 Å². The third kappa shape index (κ3) is 7.17. The van der Waals surface area contributed by atoms with Crippen LogP contribution in [0.4, 0.5) is 0 Å². The SMILES string of the molecule is CCCCNC(=NC)NCc1cccc(C(=O)NC(C)CC)c1. The van der Waals surface area contributed by atoms with Crippen LogP contribution in [0.25, 0.3) is 0 Å². The number of carbonyl (C=O) groups is 1. The van der Waals surface area contributed by atoms with Gasteiger partial charge in [0.2, 0.25) is 0 Å². The summed E-state index contributed by atoms with van der Waals surface area (Å²) in [5.41, 5.74) is 1.75. The summed E-state index contributed by atoms with van der Waals surface area (Å²) in [5, 5.41) is 9.53. The normalized spacial score (nSPS) is 12.6. The lowest BCUT2D eigenvalue weighted by Gasteiger charge is -2.13. The van der Waals surface area contributed by atoms with Crippen LogP contribution < -0.4 is 16.0 Å². The summed E-state index contributed by atoms with van der Waals surface area (Å²) in [7, 11) is 1.76. The predicted octanol–water partition coefficient (Wildman–Crippen LogP) is 2.68. The number of rotatable bonds is 8. The molecule has 3 N–H and O–H groups in total. The van der Waals surface area contributed by atoms with Gasteiger partial charge < -0.3 is 16.0 Å². The molecular weight excluding hydrogens is 288 g/mol. The Morgan fingerprint density at radius 1 is 1.26 bits per heavy atom. The van der Waals surface area contributed by atoms with Crippen LogP contribution >= 0.6 is 0 Å². The largest absolute Gasteiger partial charge is 0.356 e. The number of nitrogens with zero attached hydrogens (tertiary/aromatic N) is 1. The molecule has 1 unspecified atom stereocenters. The predicted molar refractivity (Wildman–Crippen MR) is 96.8 cm³/mol. The minimum Gasteiger partial charge on any atom is -0.356 e. The fraction of sp³-hybridized carbons (Fsp3) is 0.556. The van der Waals surface area contributed by atoms with Crippen molar-refractivity contribution in [1.29, 1.82) is 0 Å². The first kappa shape index (κ1) is 19.0. The molecule has 1 rings (SSSR count). The lowest BCUT2D eigenvalue weighted by atomic mass is 10.1. The van der Waals surface area contributed by atoms with E-state index in [2.05, 4.69) is 34.8 Å². The molecule has 0 spiro atoms. The van der Waals surface area contributed by atoms with Crippen LogP contribution in [-0.2, 0) is 6.54 Å². The van der Waals surface area contributed by atoms with Gasteiger partial charge in [0.05, 0.1) is 0 Å². The molecule has 0 aliphatic carbocycles. The van der Waals surface area contributed by atoms with E-state index in [4.69, 9.17) is 0 Å². The molecule has 0 saturated carbocycles. The average molecular weight is 318 g/mol. The zero-order chi connectivity index (χ0) is 17.1. The Morgan fingerprint density at radius 3 is 2.70 bits per heavy atom. The van der Waals surface area contributed by atoms with E-state index in [1.165, 1.54) is 0 Å². The van der Waals surface area contributed by atoms with Crippen molar-refractivity contribution in [1.82, 2.24) is 16.0 Å². The van der Waals surface area contributed by atoms with E-state index in [1.54, 1.807) is 7.05 Å². The third-order valence-electron chi connectivity index (χ3n) is 3.69. The monoisotopic (exact) mass is 318 g/mol. The number of nitrogens with one attached hydrogen (secondary N) is 3. The zero-order valence-electron chi connectivity index (χ0n) is 14.8. The molecule has 0 aromatic heterocycles. The first-order valence-electron chi connectivity index (χ1n) is 8.45. The Labute approximate surface area is 140 Å². The third-order valence-corrected chi connectivity index (χ3v) is 3.69. The summed E-state index contributed by atoms with van der Waals surface area (Å²) >= 11 is 0. The van der Waals surface area contributed by atoms with Gasteiger partial charge >= 0.3 is 0 Å². The second-order valence-corrected chi connectivity index (χ2v) is 5.69. The van der Waals surface area contributed by atoms with Gasteiger partial charge in [-0.05, 0) is 37.5 Å². The second-order valence-electron chi connectivity index (χ2n) is 5.69. The van der Waals surface area contributed by atoms with Crippen LogP contribution in [0.3, 0.4) is 0 Å². The summed E-state index contributed by atoms with van der Waals surface area (Å²) in [6, 6.07) is 7.87. The van der Waals surface area contributed by atoms with E-state index >= 15 is 0 Å². The number of unbranched alkanes of at least 4 members (excludes halogenated alkanes) is 1. The van der Waals surface area contributed by atoms with Gasteiger partial charge in [-0.25, -0.2) is 0 Å². The fourth-order valence-electron chi connectivity index (χ4n) is 2.02. The Hall–Kier alpha value is -2.04. The van der Waals surface area contributed by atoms with Crippen LogP contribution in [0.1, 0.15) is 56.0 Å². The number of guanidine groups is 1. The van der Waals surface area contributed by atoms with Crippen molar-refractivity contribution in [3.05, 3.63) is 35.4 Å². The Balaban J connectivity index is 2.58. The van der Waals surface area contributed by atoms with Crippen molar-refractivity contribution in [3.8, 4) is 0 Å². The van der Waals surface area contributed by atoms with Crippen LogP contribution in [0.5, 0.6) is 0 Å². The van der Waals surface area contributed by atoms with E-state index < -0.39 is 0 Å². The Kier molecular flexibility index (Phi) is 8.80. The van der Waals surface area contributed by atoms with E-state index in [-0.39, 0.29) is 11.9 Å². The minimum absolute atomic E-state index is 0.0216. The van der Waals surface area contributed by atoms with E-state index in [0.717, 1.165) is 37.3 Å². The van der Waals surface area contributed by atoms with Crippen molar-refractivity contribution in [2.45, 2.75) is 52.6 Å². The molecule has 5 nitrogen and oxygen atoms in total. The molecule has 23 heavy (non-hydrogen) atoms. The maximum Gasteiger partial charge on any atom is 0.251 e. The molecule has 0 fully saturated rings. The van der Waals surface area contributed by atoms with Crippen LogP contribution in [-0.4, -0.2) is 31.5 Å². The molecule has 1 atom stereocenters. The highest BCUT2D eigenvalue weighted by Gasteiger charge is 2.09. The number of benzene rings is 1. The molecule has 1 aromatic carbocycles. The highest BCUT2D eigenvalue weighted by atomic mass is 16.1. The van der Waals surface area contributed by atoms with Crippen LogP contribution in [0, 0.1) is 0 Å². The van der Waals surface area contributed by atoms with Gasteiger partial charge in [-0.15, -0.1) is 0 Å². The van der Waals surface area contributed by atoms with Crippen molar-refractivity contribution >= 4 is 11.9 Å². The molecule has 128 valence electrons. The van der Waals surface area contributed by atoms with Crippen LogP contribution in [0.15, 0.2) is 29.3 Å². The zero-order valence-corrected chi connectivity index (χ0v) is 14.8. The second kappa shape index (κ2) is 10.6. The van der Waals surface area contributed by atoms with E-state index in [1.807, 2.05) is 31.2 Å². The maximum absolute atomic E-state index is 12.2. The maximum atomic E-state index is 12.2. The molecule has 5 heteroatoms. The molecule has 0 bridgehead atoms. The number of carbonyl (C=O) groups excluding carboxylic acids is 1. The molecule has 0 aliphatic heterocycles. The molecule has 0 heterocycles. The number of hydrogen-bond donors (Lipinski definition) is 3. The average Bonchev–Trinajstić information content (AvgIpc) is 2.58. The van der Waals surface area contributed by atoms with Crippen molar-refractivity contribution < 1.29 is 4.79 Å². The van der Waals surface area contributed by atoms with Gasteiger partial charge in [-0.1, -0.05) is 32.4 Å². The summed E-state index contributed by atoms with van der Waals surface area (Å²) in [5.74, 6) is 0.763. The number of hydrogen-bond acceptors (Lipinski definition) is 2. The molecular formula is C18H30N4O. The van der Waals surface area contributed by atoms with Crippen molar-refractivity contribution in [3.63, 3.8) is 0 Å². The lowest BCUT2D eigenvalue weighted by molar-refractivity contribution is 0.0939. The van der Waals surface area contributed by atoms with Gasteiger partial charge in [-0.3, -0.25) is 9.79 Å². The van der Waals surface area contributed by atoms with Crippen molar-refractivity contribution in [2.24, 2.45) is 4.99 Å². The number of amides is 1. The Bertz CT molecular complexity index is 513. The topological polar surface area (TPSA) is 65.5 Å². The summed E-state index contributed by atoms with van der Waals surface area (Å²) in [6.45, 7) is 7.77. The van der Waals surface area contributed by atoms with Gasteiger partial charge in [0, 0.05) is 31.7 Å². The number of aliphatic imine (C=N–C) groups is 1. The summed E-state index contributed by atoms with van der Waals surface area (Å²) in [4.78, 5) is 16.4. The smallest absolute Gasteiger partial charge is 0.251 e. The minimum atomic E-state index is -0.0216.